The van der Waals surface area contributed by atoms with Gasteiger partial charge >= 0.3 is 6.03 Å². The van der Waals surface area contributed by atoms with Crippen LogP contribution >= 0.6 is 0 Å². The lowest BCUT2D eigenvalue weighted by molar-refractivity contribution is -0.132. The van der Waals surface area contributed by atoms with Crippen molar-refractivity contribution in [3.8, 4) is 0 Å². The van der Waals surface area contributed by atoms with Gasteiger partial charge in [-0.05, 0) is 36.1 Å². The van der Waals surface area contributed by atoms with Gasteiger partial charge in [-0.25, -0.2) is 4.79 Å². The second-order valence-electron chi connectivity index (χ2n) is 8.60. The van der Waals surface area contributed by atoms with Crippen LogP contribution in [0.1, 0.15) is 29.5 Å². The van der Waals surface area contributed by atoms with E-state index in [2.05, 4.69) is 22.3 Å². The number of nitrogens with one attached hydrogen (secondary N) is 1. The van der Waals surface area contributed by atoms with Crippen LogP contribution in [0.5, 0.6) is 0 Å². The molecule has 1 N–H and O–H groups in total. The third kappa shape index (κ3) is 3.59. The number of hydrogen-bond donors (Lipinski definition) is 1. The Labute approximate surface area is 188 Å². The molecule has 0 spiro atoms. The maximum absolute atomic E-state index is 14.0. The molecule has 1 atom stereocenters. The van der Waals surface area contributed by atoms with Gasteiger partial charge in [0.1, 0.15) is 0 Å². The predicted molar refractivity (Wildman–Crippen MR) is 124 cm³/mol. The van der Waals surface area contributed by atoms with E-state index in [1.807, 2.05) is 78.9 Å². The number of piperidine rings is 1. The molecule has 0 aliphatic carbocycles. The molecule has 0 saturated carbocycles. The molecule has 0 aromatic heterocycles. The van der Waals surface area contributed by atoms with Crippen LogP contribution in [-0.2, 0) is 16.9 Å². The molecule has 2 heterocycles. The lowest BCUT2D eigenvalue weighted by atomic mass is 9.82. The minimum Gasteiger partial charge on any atom is -0.315 e. The summed E-state index contributed by atoms with van der Waals surface area (Å²) in [5.41, 5.74) is 1.61. The van der Waals surface area contributed by atoms with Crippen molar-refractivity contribution in [2.45, 2.75) is 31.0 Å². The van der Waals surface area contributed by atoms with Gasteiger partial charge in [-0.3, -0.25) is 14.6 Å². The molecule has 1 unspecified atom stereocenters. The molecule has 2 fully saturated rings. The van der Waals surface area contributed by atoms with Crippen LogP contribution < -0.4 is 5.32 Å². The first kappa shape index (κ1) is 20.5. The van der Waals surface area contributed by atoms with Gasteiger partial charge in [0.15, 0.2) is 5.54 Å². The molecule has 0 bridgehead atoms. The van der Waals surface area contributed by atoms with E-state index >= 15 is 0 Å². The Balaban J connectivity index is 1.45. The highest BCUT2D eigenvalue weighted by atomic mass is 16.2. The smallest absolute Gasteiger partial charge is 0.315 e. The Hall–Kier alpha value is -3.44. The van der Waals surface area contributed by atoms with Crippen LogP contribution in [0.2, 0.25) is 0 Å². The number of carbonyl (C=O) groups is 2. The van der Waals surface area contributed by atoms with Crippen molar-refractivity contribution < 1.29 is 9.59 Å². The van der Waals surface area contributed by atoms with E-state index < -0.39 is 5.54 Å². The maximum atomic E-state index is 14.0. The summed E-state index contributed by atoms with van der Waals surface area (Å²) in [7, 11) is 0. The van der Waals surface area contributed by atoms with Crippen molar-refractivity contribution in [2.75, 3.05) is 13.1 Å². The third-order valence-corrected chi connectivity index (χ3v) is 6.56. The summed E-state index contributed by atoms with van der Waals surface area (Å²) in [6.45, 7) is 2.48. The number of carbonyl (C=O) groups excluding carboxylic acids is 2. The summed E-state index contributed by atoms with van der Waals surface area (Å²) in [6, 6.07) is 29.0. The van der Waals surface area contributed by atoms with Crippen molar-refractivity contribution in [1.82, 2.24) is 15.1 Å². The number of hydrogen-bond acceptors (Lipinski definition) is 3. The molecule has 5 heteroatoms. The van der Waals surface area contributed by atoms with E-state index in [0.29, 0.717) is 6.54 Å². The van der Waals surface area contributed by atoms with Gasteiger partial charge in [-0.2, -0.15) is 0 Å². The van der Waals surface area contributed by atoms with Crippen molar-refractivity contribution in [3.63, 3.8) is 0 Å². The average Bonchev–Trinajstić information content (AvgIpc) is 3.12. The first-order valence-electron chi connectivity index (χ1n) is 11.2. The Bertz CT molecular complexity index is 1050. The summed E-state index contributed by atoms with van der Waals surface area (Å²) in [6.07, 6.45) is 1.78. The van der Waals surface area contributed by atoms with Gasteiger partial charge in [-0.1, -0.05) is 91.0 Å². The van der Waals surface area contributed by atoms with E-state index in [-0.39, 0.29) is 18.0 Å². The van der Waals surface area contributed by atoms with Crippen molar-refractivity contribution in [2.24, 2.45) is 0 Å². The van der Waals surface area contributed by atoms with Gasteiger partial charge in [0.2, 0.25) is 0 Å². The Morgan fingerprint density at radius 3 is 1.97 bits per heavy atom. The molecule has 3 aromatic carbocycles. The monoisotopic (exact) mass is 425 g/mol. The fourth-order valence-corrected chi connectivity index (χ4v) is 5.04. The van der Waals surface area contributed by atoms with Crippen LogP contribution in [0.15, 0.2) is 91.0 Å². The molecule has 0 radical (unpaired) electrons. The standard InChI is InChI=1S/C27H27N3O2/c31-25-27(22-13-6-2-7-14-22,23-15-8-3-9-16-23)28-26(32)30(25)24-17-10-18-29(20-24)19-21-11-4-1-5-12-21/h1-9,11-16,24H,10,17-20H2,(H,28,32). The molecular weight excluding hydrogens is 398 g/mol. The van der Waals surface area contributed by atoms with E-state index in [1.165, 1.54) is 10.5 Å². The molecule has 2 saturated heterocycles. The zero-order chi connectivity index (χ0) is 22.0. The second kappa shape index (κ2) is 8.60. The zero-order valence-corrected chi connectivity index (χ0v) is 18.0. The molecule has 162 valence electrons. The summed E-state index contributed by atoms with van der Waals surface area (Å²) in [5, 5.41) is 3.08. The van der Waals surface area contributed by atoms with Crippen molar-refractivity contribution in [1.29, 1.82) is 0 Å². The Morgan fingerprint density at radius 2 is 1.38 bits per heavy atom. The minimum absolute atomic E-state index is 0.144. The highest BCUT2D eigenvalue weighted by Gasteiger charge is 2.55. The zero-order valence-electron chi connectivity index (χ0n) is 18.0. The van der Waals surface area contributed by atoms with E-state index in [4.69, 9.17) is 0 Å². The van der Waals surface area contributed by atoms with E-state index in [9.17, 15) is 9.59 Å². The predicted octanol–water partition coefficient (Wildman–Crippen LogP) is 4.15. The van der Waals surface area contributed by atoms with Gasteiger partial charge in [0.25, 0.3) is 5.91 Å². The van der Waals surface area contributed by atoms with Crippen LogP contribution in [0.25, 0.3) is 0 Å². The molecule has 3 aromatic rings. The van der Waals surface area contributed by atoms with Gasteiger partial charge in [0, 0.05) is 13.1 Å². The van der Waals surface area contributed by atoms with Crippen molar-refractivity contribution in [3.05, 3.63) is 108 Å². The quantitative estimate of drug-likeness (QED) is 0.625. The van der Waals surface area contributed by atoms with Gasteiger partial charge in [0.05, 0.1) is 6.04 Å². The first-order valence-corrected chi connectivity index (χ1v) is 11.2. The topological polar surface area (TPSA) is 52.7 Å². The molecule has 32 heavy (non-hydrogen) atoms. The molecule has 3 amide bonds. The Morgan fingerprint density at radius 1 is 0.812 bits per heavy atom. The number of nitrogens with zero attached hydrogens (tertiary/aromatic N) is 2. The molecule has 5 rings (SSSR count). The van der Waals surface area contributed by atoms with E-state index in [0.717, 1.165) is 37.1 Å². The fraction of sp³-hybridized carbons (Fsp3) is 0.259. The maximum Gasteiger partial charge on any atom is 0.325 e. The molecule has 2 aliphatic heterocycles. The van der Waals surface area contributed by atoms with E-state index in [1.54, 1.807) is 0 Å². The number of likely N-dealkylation sites (tertiary alicyclic amines) is 1. The lowest BCUT2D eigenvalue weighted by Crippen LogP contribution is -2.51. The summed E-state index contributed by atoms with van der Waals surface area (Å²) >= 11 is 0. The highest BCUT2D eigenvalue weighted by molar-refractivity contribution is 6.09. The highest BCUT2D eigenvalue weighted by Crippen LogP contribution is 2.37. The summed E-state index contributed by atoms with van der Waals surface area (Å²) < 4.78 is 0. The number of benzene rings is 3. The minimum atomic E-state index is -1.19. The number of urea groups is 1. The first-order chi connectivity index (χ1) is 15.7. The van der Waals surface area contributed by atoms with Crippen LogP contribution in [0, 0.1) is 0 Å². The van der Waals surface area contributed by atoms with Crippen molar-refractivity contribution >= 4 is 11.9 Å². The number of rotatable bonds is 5. The third-order valence-electron chi connectivity index (χ3n) is 6.56. The number of amides is 3. The summed E-state index contributed by atoms with van der Waals surface area (Å²) in [5.74, 6) is -0.188. The fourth-order valence-electron chi connectivity index (χ4n) is 5.04. The SMILES string of the molecule is O=C1NC(c2ccccc2)(c2ccccc2)C(=O)N1C1CCCN(Cc2ccccc2)C1. The molecule has 5 nitrogen and oxygen atoms in total. The largest absolute Gasteiger partial charge is 0.325 e. The van der Waals surface area contributed by atoms with Gasteiger partial charge < -0.3 is 5.32 Å². The average molecular weight is 426 g/mol. The van der Waals surface area contributed by atoms with Crippen LogP contribution in [-0.4, -0.2) is 40.9 Å². The normalized spacial score (nSPS) is 20.9. The Kier molecular flexibility index (Phi) is 5.50. The number of imide groups is 1. The second-order valence-corrected chi connectivity index (χ2v) is 8.60. The molecule has 2 aliphatic rings. The van der Waals surface area contributed by atoms with Crippen LogP contribution in [0.3, 0.4) is 0 Å². The lowest BCUT2D eigenvalue weighted by Gasteiger charge is -2.37. The van der Waals surface area contributed by atoms with Crippen LogP contribution in [0.4, 0.5) is 4.79 Å². The van der Waals surface area contributed by atoms with Gasteiger partial charge in [-0.15, -0.1) is 0 Å². The molecular formula is C27H27N3O2. The summed E-state index contributed by atoms with van der Waals surface area (Å²) in [4.78, 5) is 31.1.